The first kappa shape index (κ1) is 42.2. The molecule has 10 heteroatoms. The van der Waals surface area contributed by atoms with Crippen LogP contribution in [0.25, 0.3) is 0 Å². The number of carbonyl (C=O) groups is 2. The summed E-state index contributed by atoms with van der Waals surface area (Å²) in [5.41, 5.74) is 0. The van der Waals surface area contributed by atoms with Gasteiger partial charge in [-0.05, 0) is 32.6 Å². The number of esters is 1. The first-order chi connectivity index (χ1) is 20.4. The zero-order valence-electron chi connectivity index (χ0n) is 28.4. The summed E-state index contributed by atoms with van der Waals surface area (Å²) in [5.74, 6) is -1.06. The molecule has 0 saturated heterocycles. The first-order valence-electron chi connectivity index (χ1n) is 17.1. The number of hydrogen-bond acceptors (Lipinski definition) is 8. The predicted octanol–water partition coefficient (Wildman–Crippen LogP) is 7.53. The van der Waals surface area contributed by atoms with Crippen molar-refractivity contribution in [2.75, 3.05) is 54.1 Å². The molecule has 0 amide bonds. The SMILES string of the molecule is CCCCCCCCCCCCCCCCCCOCC(COP(=O)([O-])OCCCCC[N+](C)(C)C)OC(=O)CC(C)=O. The molecule has 0 N–H and O–H groups in total. The minimum atomic E-state index is -4.54. The highest BCUT2D eigenvalue weighted by Crippen LogP contribution is 2.38. The maximum absolute atomic E-state index is 12.2. The average molecular weight is 636 g/mol. The number of phosphoric ester groups is 1. The van der Waals surface area contributed by atoms with Crippen molar-refractivity contribution in [2.24, 2.45) is 0 Å². The van der Waals surface area contributed by atoms with E-state index in [1.165, 1.54) is 90.4 Å². The van der Waals surface area contributed by atoms with Gasteiger partial charge in [-0.1, -0.05) is 103 Å². The highest BCUT2D eigenvalue weighted by Gasteiger charge is 2.20. The number of carbonyl (C=O) groups excluding carboxylic acids is 2. The van der Waals surface area contributed by atoms with Gasteiger partial charge in [0.05, 0.1) is 47.5 Å². The molecule has 0 aromatic heterocycles. The normalized spacial score (nSPS) is 14.0. The second-order valence-electron chi connectivity index (χ2n) is 13.0. The number of phosphoric acid groups is 1. The van der Waals surface area contributed by atoms with Crippen LogP contribution in [0.1, 0.15) is 142 Å². The number of unbranched alkanes of at least 4 members (excludes halogenated alkanes) is 17. The Hall–Kier alpha value is -0.830. The van der Waals surface area contributed by atoms with Crippen LogP contribution in [0, 0.1) is 0 Å². The van der Waals surface area contributed by atoms with Crippen LogP contribution >= 0.6 is 7.82 Å². The van der Waals surface area contributed by atoms with Crippen LogP contribution < -0.4 is 4.89 Å². The van der Waals surface area contributed by atoms with Crippen LogP contribution in [0.4, 0.5) is 0 Å². The fourth-order valence-electron chi connectivity index (χ4n) is 4.77. The van der Waals surface area contributed by atoms with Gasteiger partial charge in [0.2, 0.25) is 0 Å². The summed E-state index contributed by atoms with van der Waals surface area (Å²) >= 11 is 0. The number of nitrogens with zero attached hydrogens (tertiary/aromatic N) is 1. The van der Waals surface area contributed by atoms with Gasteiger partial charge in [-0.3, -0.25) is 14.2 Å². The van der Waals surface area contributed by atoms with E-state index in [4.69, 9.17) is 18.5 Å². The van der Waals surface area contributed by atoms with Gasteiger partial charge >= 0.3 is 5.97 Å². The molecule has 0 aliphatic rings. The Kier molecular flexibility index (Phi) is 26.9. The molecule has 2 unspecified atom stereocenters. The number of rotatable bonds is 32. The number of hydrogen-bond donors (Lipinski definition) is 0. The average Bonchev–Trinajstić information content (AvgIpc) is 2.91. The monoisotopic (exact) mass is 635 g/mol. The molecule has 2 atom stereocenters. The van der Waals surface area contributed by atoms with Crippen LogP contribution in [0.5, 0.6) is 0 Å². The van der Waals surface area contributed by atoms with Gasteiger partial charge in [0.25, 0.3) is 7.82 Å². The molecular formula is C33H66NO8P. The third kappa shape index (κ3) is 32.4. The summed E-state index contributed by atoms with van der Waals surface area (Å²) in [6.45, 7) is 4.66. The molecule has 0 aliphatic heterocycles. The van der Waals surface area contributed by atoms with E-state index in [1.807, 2.05) is 0 Å². The molecule has 0 heterocycles. The molecule has 0 saturated carbocycles. The minimum absolute atomic E-state index is 0.00651. The Morgan fingerprint density at radius 2 is 1.14 bits per heavy atom. The standard InChI is InChI=1S/C33H66NO8P/c1-6-7-8-9-10-11-12-13-14-15-16-17-18-19-20-23-26-39-29-32(42-33(36)28-31(2)35)30-41-43(37,38)40-27-24-21-22-25-34(3,4)5/h32H,6-30H2,1-5H3. The van der Waals surface area contributed by atoms with Crippen molar-refractivity contribution in [1.82, 2.24) is 0 Å². The molecule has 0 bridgehead atoms. The zero-order chi connectivity index (χ0) is 32.2. The molecule has 0 rings (SSSR count). The summed E-state index contributed by atoms with van der Waals surface area (Å²) in [5, 5.41) is 0. The smallest absolute Gasteiger partial charge is 0.313 e. The van der Waals surface area contributed by atoms with E-state index in [2.05, 4.69) is 28.1 Å². The van der Waals surface area contributed by atoms with Gasteiger partial charge in [-0.2, -0.15) is 0 Å². The fourth-order valence-corrected chi connectivity index (χ4v) is 5.54. The molecule has 9 nitrogen and oxygen atoms in total. The number of ketones is 1. The van der Waals surface area contributed by atoms with E-state index >= 15 is 0 Å². The predicted molar refractivity (Wildman–Crippen MR) is 172 cm³/mol. The fraction of sp³-hybridized carbons (Fsp3) is 0.939. The topological polar surface area (TPSA) is 111 Å². The molecule has 0 radical (unpaired) electrons. The van der Waals surface area contributed by atoms with E-state index in [0.29, 0.717) is 13.0 Å². The first-order valence-corrected chi connectivity index (χ1v) is 18.6. The Morgan fingerprint density at radius 3 is 1.63 bits per heavy atom. The van der Waals surface area contributed by atoms with Crippen LogP contribution in [0.15, 0.2) is 0 Å². The Bertz CT molecular complexity index is 728. The van der Waals surface area contributed by atoms with Gasteiger partial charge in [-0.15, -0.1) is 0 Å². The van der Waals surface area contributed by atoms with Crippen molar-refractivity contribution in [1.29, 1.82) is 0 Å². The largest absolute Gasteiger partial charge is 0.756 e. The summed E-state index contributed by atoms with van der Waals surface area (Å²) in [6.07, 6.45) is 21.8. The second-order valence-corrected chi connectivity index (χ2v) is 14.4. The lowest BCUT2D eigenvalue weighted by Crippen LogP contribution is -2.35. The maximum atomic E-state index is 12.2. The minimum Gasteiger partial charge on any atom is -0.756 e. The lowest BCUT2D eigenvalue weighted by molar-refractivity contribution is -0.870. The lowest BCUT2D eigenvalue weighted by atomic mass is 10.0. The highest BCUT2D eigenvalue weighted by molar-refractivity contribution is 7.45. The number of quaternary nitrogens is 1. The molecule has 0 spiro atoms. The number of Topliss-reactive ketones (excluding diaryl/α,β-unsaturated/α-hetero) is 1. The van der Waals surface area contributed by atoms with Gasteiger partial charge in [0.1, 0.15) is 18.3 Å². The van der Waals surface area contributed by atoms with Crippen molar-refractivity contribution in [3.8, 4) is 0 Å². The molecule has 0 aromatic rings. The lowest BCUT2D eigenvalue weighted by Gasteiger charge is -2.26. The van der Waals surface area contributed by atoms with Gasteiger partial charge in [0, 0.05) is 6.61 Å². The second kappa shape index (κ2) is 27.5. The van der Waals surface area contributed by atoms with Crippen LogP contribution in [-0.4, -0.2) is 76.5 Å². The summed E-state index contributed by atoms with van der Waals surface area (Å²) in [4.78, 5) is 35.4. The Balaban J connectivity index is 4.02. The summed E-state index contributed by atoms with van der Waals surface area (Å²) < 4.78 is 33.9. The molecule has 256 valence electrons. The highest BCUT2D eigenvalue weighted by atomic mass is 31.2. The van der Waals surface area contributed by atoms with Crippen molar-refractivity contribution >= 4 is 19.6 Å². The third-order valence-corrected chi connectivity index (χ3v) is 8.24. The molecule has 0 aromatic carbocycles. The number of ether oxygens (including phenoxy) is 2. The van der Waals surface area contributed by atoms with E-state index < -0.39 is 26.5 Å². The Labute approximate surface area is 264 Å². The Morgan fingerprint density at radius 1 is 0.674 bits per heavy atom. The van der Waals surface area contributed by atoms with Crippen molar-refractivity contribution < 1.29 is 42.1 Å². The van der Waals surface area contributed by atoms with Gasteiger partial charge < -0.3 is 27.9 Å². The van der Waals surface area contributed by atoms with E-state index in [1.54, 1.807) is 0 Å². The summed E-state index contributed by atoms with van der Waals surface area (Å²) in [6, 6.07) is 0. The van der Waals surface area contributed by atoms with E-state index in [0.717, 1.165) is 43.1 Å². The van der Waals surface area contributed by atoms with Crippen LogP contribution in [0.3, 0.4) is 0 Å². The maximum Gasteiger partial charge on any atom is 0.313 e. The molecule has 0 fully saturated rings. The molecule has 43 heavy (non-hydrogen) atoms. The van der Waals surface area contributed by atoms with E-state index in [-0.39, 0.29) is 25.4 Å². The summed E-state index contributed by atoms with van der Waals surface area (Å²) in [7, 11) is 1.79. The van der Waals surface area contributed by atoms with Crippen molar-refractivity contribution in [2.45, 2.75) is 148 Å². The van der Waals surface area contributed by atoms with Gasteiger partial charge in [-0.25, -0.2) is 0 Å². The molecular weight excluding hydrogens is 569 g/mol. The quantitative estimate of drug-likeness (QED) is 0.0245. The van der Waals surface area contributed by atoms with E-state index in [9.17, 15) is 19.0 Å². The van der Waals surface area contributed by atoms with Crippen molar-refractivity contribution in [3.63, 3.8) is 0 Å². The van der Waals surface area contributed by atoms with Crippen LogP contribution in [0.2, 0.25) is 0 Å². The zero-order valence-corrected chi connectivity index (χ0v) is 29.3. The third-order valence-electron chi connectivity index (χ3n) is 7.28. The van der Waals surface area contributed by atoms with Crippen LogP contribution in [-0.2, 0) is 32.7 Å². The van der Waals surface area contributed by atoms with Gasteiger partial charge in [0.15, 0.2) is 0 Å². The van der Waals surface area contributed by atoms with Crippen molar-refractivity contribution in [3.05, 3.63) is 0 Å². The molecule has 0 aliphatic carbocycles.